The maximum Gasteiger partial charge on any atom is 0.256 e. The van der Waals surface area contributed by atoms with Crippen LogP contribution in [0, 0.1) is 16.7 Å². The normalized spacial score (nSPS) is 26.4. The average Bonchev–Trinajstić information content (AvgIpc) is 2.78. The summed E-state index contributed by atoms with van der Waals surface area (Å²) < 4.78 is 34.6. The van der Waals surface area contributed by atoms with Crippen molar-refractivity contribution in [3.63, 3.8) is 0 Å². The van der Waals surface area contributed by atoms with Gasteiger partial charge < -0.3 is 9.64 Å². The van der Waals surface area contributed by atoms with E-state index in [0.29, 0.717) is 24.8 Å². The van der Waals surface area contributed by atoms with E-state index < -0.39 is 10.0 Å². The van der Waals surface area contributed by atoms with Gasteiger partial charge >= 0.3 is 0 Å². The molecule has 0 radical (unpaired) electrons. The van der Waals surface area contributed by atoms with Gasteiger partial charge in [-0.1, -0.05) is 24.3 Å². The van der Waals surface area contributed by atoms with Gasteiger partial charge in [0.2, 0.25) is 0 Å². The number of sulfonamides is 1. The van der Waals surface area contributed by atoms with E-state index in [4.69, 9.17) is 10.00 Å². The Balaban J connectivity index is 1.34. The third-order valence-electron chi connectivity index (χ3n) is 6.63. The van der Waals surface area contributed by atoms with Crippen LogP contribution in [0.1, 0.15) is 31.2 Å². The molecule has 0 unspecified atom stereocenters. The van der Waals surface area contributed by atoms with Crippen LogP contribution in [-0.4, -0.2) is 44.1 Å². The second kappa shape index (κ2) is 7.13. The van der Waals surface area contributed by atoms with Crippen molar-refractivity contribution >= 4 is 15.9 Å². The summed E-state index contributed by atoms with van der Waals surface area (Å²) in [6.45, 7) is 0.994. The average molecular weight is 422 g/mol. The molecule has 7 heteroatoms. The van der Waals surface area contributed by atoms with Gasteiger partial charge in [0, 0.05) is 12.6 Å². The first-order valence-electron chi connectivity index (χ1n) is 10.3. The zero-order valence-electron chi connectivity index (χ0n) is 16.6. The van der Waals surface area contributed by atoms with Crippen LogP contribution in [-0.2, 0) is 10.0 Å². The maximum absolute atomic E-state index is 12.1. The molecule has 2 bridgehead atoms. The first-order valence-corrected chi connectivity index (χ1v) is 11.9. The zero-order valence-corrected chi connectivity index (χ0v) is 17.4. The lowest BCUT2D eigenvalue weighted by Gasteiger charge is -2.54. The van der Waals surface area contributed by atoms with Gasteiger partial charge in [0.15, 0.2) is 0 Å². The molecule has 2 aromatic carbocycles. The molecule has 2 aromatic rings. The van der Waals surface area contributed by atoms with E-state index in [2.05, 4.69) is 15.4 Å². The number of hydrogen-bond acceptors (Lipinski definition) is 5. The first-order chi connectivity index (χ1) is 14.5. The monoisotopic (exact) mass is 421 g/mol. The third kappa shape index (κ3) is 3.35. The van der Waals surface area contributed by atoms with E-state index in [9.17, 15) is 8.42 Å². The predicted molar refractivity (Wildman–Crippen MR) is 115 cm³/mol. The van der Waals surface area contributed by atoms with Crippen molar-refractivity contribution in [1.29, 1.82) is 5.26 Å². The molecule has 4 aliphatic rings. The van der Waals surface area contributed by atoms with Gasteiger partial charge in [-0.05, 0) is 61.1 Å². The summed E-state index contributed by atoms with van der Waals surface area (Å²) in [5, 5.41) is 8.94. The van der Waals surface area contributed by atoms with E-state index in [1.807, 2.05) is 48.5 Å². The van der Waals surface area contributed by atoms with Crippen LogP contribution in [0.5, 0.6) is 5.75 Å². The Morgan fingerprint density at radius 1 is 1.07 bits per heavy atom. The number of hydrogen-bond donors (Lipinski definition) is 0. The quantitative estimate of drug-likeness (QED) is 0.753. The fourth-order valence-electron chi connectivity index (χ4n) is 4.91. The van der Waals surface area contributed by atoms with Gasteiger partial charge in [-0.15, -0.1) is 4.40 Å². The van der Waals surface area contributed by atoms with Crippen LogP contribution in [0.2, 0.25) is 0 Å². The summed E-state index contributed by atoms with van der Waals surface area (Å²) in [7, 11) is -3.37. The molecule has 3 fully saturated rings. The van der Waals surface area contributed by atoms with Crippen LogP contribution in [0.3, 0.4) is 0 Å². The molecule has 154 valence electrons. The predicted octanol–water partition coefficient (Wildman–Crippen LogP) is 3.59. The largest absolute Gasteiger partial charge is 0.493 e. The minimum atomic E-state index is -3.37. The van der Waals surface area contributed by atoms with Crippen molar-refractivity contribution in [2.24, 2.45) is 9.81 Å². The molecular weight excluding hydrogens is 398 g/mol. The highest BCUT2D eigenvalue weighted by atomic mass is 32.2. The highest BCUT2D eigenvalue weighted by molar-refractivity contribution is 7.90. The minimum absolute atomic E-state index is 0.112. The number of nitriles is 1. The maximum atomic E-state index is 12.1. The topological polar surface area (TPSA) is 82.8 Å². The molecule has 6 rings (SSSR count). The molecular formula is C23H23N3O3S. The summed E-state index contributed by atoms with van der Waals surface area (Å²) >= 11 is 0. The number of amidine groups is 1. The van der Waals surface area contributed by atoms with Gasteiger partial charge in [-0.2, -0.15) is 5.26 Å². The molecule has 0 spiro atoms. The molecule has 1 saturated carbocycles. The molecule has 3 aliphatic heterocycles. The molecule has 0 aromatic heterocycles. The van der Waals surface area contributed by atoms with E-state index in [0.717, 1.165) is 48.4 Å². The molecule has 3 heterocycles. The molecule has 2 saturated heterocycles. The van der Waals surface area contributed by atoms with Crippen LogP contribution >= 0.6 is 0 Å². The van der Waals surface area contributed by atoms with Crippen molar-refractivity contribution in [2.45, 2.75) is 31.7 Å². The van der Waals surface area contributed by atoms with E-state index in [1.54, 1.807) is 0 Å². The Morgan fingerprint density at radius 3 is 2.33 bits per heavy atom. The molecule has 0 amide bonds. The van der Waals surface area contributed by atoms with Gasteiger partial charge in [0.05, 0.1) is 22.8 Å². The summed E-state index contributed by atoms with van der Waals surface area (Å²) in [4.78, 5) is 2.21. The van der Waals surface area contributed by atoms with Crippen LogP contribution in [0.15, 0.2) is 52.9 Å². The lowest BCUT2D eigenvalue weighted by atomic mass is 9.67. The number of rotatable bonds is 4. The highest BCUT2D eigenvalue weighted by Crippen LogP contribution is 2.47. The summed E-state index contributed by atoms with van der Waals surface area (Å²) in [5.41, 5.74) is 2.43. The molecule has 0 atom stereocenters. The second-order valence-corrected chi connectivity index (χ2v) is 10.2. The van der Waals surface area contributed by atoms with E-state index in [1.165, 1.54) is 0 Å². The summed E-state index contributed by atoms with van der Waals surface area (Å²) in [6, 6.07) is 17.9. The SMILES string of the molecule is N#Cc1ccc(-c2ccc(OCC34CCC(CC3)N3CCS(=O)(=O)N=C34)cc2)cc1. The third-order valence-corrected chi connectivity index (χ3v) is 7.78. The zero-order chi connectivity index (χ0) is 20.8. The Hall–Kier alpha value is -2.85. The van der Waals surface area contributed by atoms with Crippen molar-refractivity contribution < 1.29 is 13.2 Å². The minimum Gasteiger partial charge on any atom is -0.493 e. The Labute approximate surface area is 176 Å². The Bertz CT molecular complexity index is 1120. The highest BCUT2D eigenvalue weighted by Gasteiger charge is 2.52. The van der Waals surface area contributed by atoms with Crippen molar-refractivity contribution in [3.8, 4) is 22.9 Å². The smallest absolute Gasteiger partial charge is 0.256 e. The van der Waals surface area contributed by atoms with Gasteiger partial charge in [0.1, 0.15) is 18.2 Å². The first kappa shape index (κ1) is 19.1. The number of ether oxygens (including phenoxy) is 1. The van der Waals surface area contributed by atoms with E-state index in [-0.39, 0.29) is 11.2 Å². The fourth-order valence-corrected chi connectivity index (χ4v) is 5.99. The molecule has 0 N–H and O–H groups in total. The van der Waals surface area contributed by atoms with Crippen molar-refractivity contribution in [2.75, 3.05) is 18.9 Å². The van der Waals surface area contributed by atoms with Gasteiger partial charge in [0.25, 0.3) is 10.0 Å². The molecule has 30 heavy (non-hydrogen) atoms. The number of piperidine rings is 2. The summed E-state index contributed by atoms with van der Waals surface area (Å²) in [6.07, 6.45) is 3.98. The van der Waals surface area contributed by atoms with Gasteiger partial charge in [-0.25, -0.2) is 8.42 Å². The van der Waals surface area contributed by atoms with Crippen LogP contribution in [0.25, 0.3) is 11.1 Å². The van der Waals surface area contributed by atoms with Crippen molar-refractivity contribution in [1.82, 2.24) is 4.90 Å². The fraction of sp³-hybridized carbons (Fsp3) is 0.391. The Kier molecular flexibility index (Phi) is 4.55. The van der Waals surface area contributed by atoms with Crippen molar-refractivity contribution in [3.05, 3.63) is 54.1 Å². The van der Waals surface area contributed by atoms with Crippen LogP contribution < -0.4 is 4.74 Å². The number of fused-ring (bicyclic) bond motifs is 2. The van der Waals surface area contributed by atoms with E-state index >= 15 is 0 Å². The number of nitrogens with zero attached hydrogens (tertiary/aromatic N) is 3. The summed E-state index contributed by atoms with van der Waals surface area (Å²) in [5.74, 6) is 1.60. The molecule has 6 nitrogen and oxygen atoms in total. The van der Waals surface area contributed by atoms with Crippen LogP contribution in [0.4, 0.5) is 0 Å². The van der Waals surface area contributed by atoms with Gasteiger partial charge in [-0.3, -0.25) is 0 Å². The second-order valence-electron chi connectivity index (χ2n) is 8.41. The Morgan fingerprint density at radius 2 is 1.70 bits per heavy atom. The lowest BCUT2D eigenvalue weighted by Crippen LogP contribution is -2.62. The standard InChI is InChI=1S/C23H23N3O3S/c24-15-17-1-3-18(4-2-17)19-5-7-21(8-6-19)29-16-23-11-9-20(10-12-23)26-13-14-30(27,28)25-22(23)26/h1-8,20H,9-14,16H2. The molecule has 1 aliphatic carbocycles. The number of benzene rings is 2. The lowest BCUT2D eigenvalue weighted by molar-refractivity contribution is 0.0657.